The molecule has 0 saturated carbocycles. The molecule has 0 atom stereocenters. The molecule has 3 aromatic heterocycles. The average Bonchev–Trinajstić information content (AvgIpc) is 3.07. The SMILES string of the molecule is Cc1c(Cl)nn2c(-c3cc4c(s3)CCSC4)nnc2c1C. The van der Waals surface area contributed by atoms with E-state index in [-0.39, 0.29) is 0 Å². The van der Waals surface area contributed by atoms with E-state index in [2.05, 4.69) is 21.4 Å². The zero-order valence-electron chi connectivity index (χ0n) is 11.7. The summed E-state index contributed by atoms with van der Waals surface area (Å²) in [5, 5.41) is 13.6. The Labute approximate surface area is 135 Å². The lowest BCUT2D eigenvalue weighted by Crippen LogP contribution is -1.99. The first-order valence-electron chi connectivity index (χ1n) is 6.73. The molecule has 3 aromatic rings. The molecule has 1 aliphatic rings. The minimum atomic E-state index is 0.512. The lowest BCUT2D eigenvalue weighted by atomic mass is 10.2. The summed E-state index contributed by atoms with van der Waals surface area (Å²) in [7, 11) is 0. The highest BCUT2D eigenvalue weighted by Crippen LogP contribution is 2.36. The number of aromatic nitrogens is 4. The molecule has 0 aliphatic carbocycles. The monoisotopic (exact) mass is 336 g/mol. The smallest absolute Gasteiger partial charge is 0.190 e. The highest BCUT2D eigenvalue weighted by molar-refractivity contribution is 7.98. The Morgan fingerprint density at radius 3 is 2.90 bits per heavy atom. The van der Waals surface area contributed by atoms with Gasteiger partial charge in [0.25, 0.3) is 0 Å². The van der Waals surface area contributed by atoms with Gasteiger partial charge in [-0.05, 0) is 43.2 Å². The molecule has 0 bridgehead atoms. The van der Waals surface area contributed by atoms with Crippen LogP contribution in [0.3, 0.4) is 0 Å². The number of halogens is 1. The predicted molar refractivity (Wildman–Crippen MR) is 88.4 cm³/mol. The second kappa shape index (κ2) is 4.97. The summed E-state index contributed by atoms with van der Waals surface area (Å²) in [5.74, 6) is 3.09. The van der Waals surface area contributed by atoms with Gasteiger partial charge in [-0.1, -0.05) is 11.6 Å². The van der Waals surface area contributed by atoms with Crippen LogP contribution in [0.25, 0.3) is 16.3 Å². The van der Waals surface area contributed by atoms with Crippen molar-refractivity contribution in [2.45, 2.75) is 26.0 Å². The van der Waals surface area contributed by atoms with E-state index in [1.165, 1.54) is 16.2 Å². The predicted octanol–water partition coefficient (Wildman–Crippen LogP) is 3.91. The summed E-state index contributed by atoms with van der Waals surface area (Å²) in [6.07, 6.45) is 1.15. The molecule has 7 heteroatoms. The fourth-order valence-corrected chi connectivity index (χ4v) is 5.06. The van der Waals surface area contributed by atoms with Gasteiger partial charge < -0.3 is 0 Å². The highest BCUT2D eigenvalue weighted by Gasteiger charge is 2.20. The summed E-state index contributed by atoms with van der Waals surface area (Å²) in [6.45, 7) is 3.97. The molecule has 108 valence electrons. The van der Waals surface area contributed by atoms with Gasteiger partial charge >= 0.3 is 0 Å². The van der Waals surface area contributed by atoms with E-state index in [4.69, 9.17) is 11.6 Å². The first-order chi connectivity index (χ1) is 10.1. The van der Waals surface area contributed by atoms with E-state index >= 15 is 0 Å². The van der Waals surface area contributed by atoms with Crippen molar-refractivity contribution >= 4 is 40.3 Å². The van der Waals surface area contributed by atoms with Crippen molar-refractivity contribution in [3.8, 4) is 10.7 Å². The maximum Gasteiger partial charge on any atom is 0.195 e. The Bertz CT molecular complexity index is 829. The Balaban J connectivity index is 1.93. The van der Waals surface area contributed by atoms with Crippen LogP contribution in [-0.2, 0) is 12.2 Å². The summed E-state index contributed by atoms with van der Waals surface area (Å²) in [5.41, 5.74) is 4.21. The van der Waals surface area contributed by atoms with E-state index in [1.54, 1.807) is 15.9 Å². The van der Waals surface area contributed by atoms with Gasteiger partial charge in [-0.15, -0.1) is 21.5 Å². The van der Waals surface area contributed by atoms with Gasteiger partial charge in [0, 0.05) is 16.2 Å². The molecule has 21 heavy (non-hydrogen) atoms. The van der Waals surface area contributed by atoms with Gasteiger partial charge in [0.1, 0.15) is 0 Å². The van der Waals surface area contributed by atoms with Crippen molar-refractivity contribution in [3.05, 3.63) is 32.8 Å². The summed E-state index contributed by atoms with van der Waals surface area (Å²) >= 11 is 10.0. The van der Waals surface area contributed by atoms with Gasteiger partial charge in [-0.25, -0.2) is 0 Å². The fourth-order valence-electron chi connectivity index (χ4n) is 2.50. The van der Waals surface area contributed by atoms with Crippen molar-refractivity contribution in [2.75, 3.05) is 5.75 Å². The highest BCUT2D eigenvalue weighted by atomic mass is 35.5. The van der Waals surface area contributed by atoms with E-state index in [9.17, 15) is 0 Å². The topological polar surface area (TPSA) is 43.1 Å². The van der Waals surface area contributed by atoms with Crippen LogP contribution in [0.5, 0.6) is 0 Å². The molecule has 4 nitrogen and oxygen atoms in total. The third kappa shape index (κ3) is 2.08. The van der Waals surface area contributed by atoms with Gasteiger partial charge in [-0.2, -0.15) is 21.4 Å². The van der Waals surface area contributed by atoms with Crippen molar-refractivity contribution in [1.29, 1.82) is 0 Å². The first kappa shape index (κ1) is 13.5. The molecule has 0 N–H and O–H groups in total. The van der Waals surface area contributed by atoms with E-state index < -0.39 is 0 Å². The minimum absolute atomic E-state index is 0.512. The lowest BCUT2D eigenvalue weighted by Gasteiger charge is -2.08. The van der Waals surface area contributed by atoms with Gasteiger partial charge in [-0.3, -0.25) is 0 Å². The molecule has 4 heterocycles. The maximum atomic E-state index is 6.22. The van der Waals surface area contributed by atoms with Crippen molar-refractivity contribution in [1.82, 2.24) is 19.8 Å². The standard InChI is InChI=1S/C14H13ClN4S2/c1-7-8(2)13-16-17-14(19(13)18-12(7)15)11-5-9-6-20-4-3-10(9)21-11/h5H,3-4,6H2,1-2H3. The number of aryl methyl sites for hydroxylation is 2. The second-order valence-corrected chi connectivity index (χ2v) is 7.76. The fraction of sp³-hybridized carbons (Fsp3) is 0.357. The number of hydrogen-bond donors (Lipinski definition) is 0. The minimum Gasteiger partial charge on any atom is -0.190 e. The van der Waals surface area contributed by atoms with Crippen LogP contribution in [0.15, 0.2) is 6.07 Å². The number of hydrogen-bond acceptors (Lipinski definition) is 5. The zero-order chi connectivity index (χ0) is 14.6. The molecule has 0 amide bonds. The molecule has 4 rings (SSSR count). The summed E-state index contributed by atoms with van der Waals surface area (Å²) < 4.78 is 1.77. The van der Waals surface area contributed by atoms with Crippen LogP contribution >= 0.6 is 34.7 Å². The van der Waals surface area contributed by atoms with Crippen molar-refractivity contribution < 1.29 is 0 Å². The normalized spacial score (nSPS) is 14.6. The lowest BCUT2D eigenvalue weighted by molar-refractivity contribution is 0.921. The van der Waals surface area contributed by atoms with Crippen molar-refractivity contribution in [3.63, 3.8) is 0 Å². The number of thioether (sulfide) groups is 1. The number of nitrogens with zero attached hydrogens (tertiary/aromatic N) is 4. The van der Waals surface area contributed by atoms with Crippen LogP contribution in [-0.4, -0.2) is 25.6 Å². The van der Waals surface area contributed by atoms with Crippen LogP contribution in [0.4, 0.5) is 0 Å². The number of rotatable bonds is 1. The Hall–Kier alpha value is -1.11. The van der Waals surface area contributed by atoms with E-state index in [0.717, 1.165) is 39.6 Å². The Morgan fingerprint density at radius 2 is 2.10 bits per heavy atom. The number of thiophene rings is 1. The average molecular weight is 337 g/mol. The quantitative estimate of drug-likeness (QED) is 0.675. The van der Waals surface area contributed by atoms with Crippen LogP contribution in [0.2, 0.25) is 5.15 Å². The molecule has 0 spiro atoms. The molecule has 0 unspecified atom stereocenters. The Morgan fingerprint density at radius 1 is 1.24 bits per heavy atom. The van der Waals surface area contributed by atoms with Gasteiger partial charge in [0.2, 0.25) is 0 Å². The van der Waals surface area contributed by atoms with Crippen LogP contribution in [0.1, 0.15) is 21.6 Å². The summed E-state index contributed by atoms with van der Waals surface area (Å²) in [4.78, 5) is 2.59. The van der Waals surface area contributed by atoms with Crippen molar-refractivity contribution in [2.24, 2.45) is 0 Å². The largest absolute Gasteiger partial charge is 0.195 e. The van der Waals surface area contributed by atoms with E-state index in [0.29, 0.717) is 5.15 Å². The first-order valence-corrected chi connectivity index (χ1v) is 9.08. The van der Waals surface area contributed by atoms with Crippen LogP contribution in [0, 0.1) is 13.8 Å². The Kier molecular flexibility index (Phi) is 3.20. The van der Waals surface area contributed by atoms with Crippen LogP contribution < -0.4 is 0 Å². The van der Waals surface area contributed by atoms with Gasteiger partial charge in [0.05, 0.1) is 4.88 Å². The molecular formula is C14H13ClN4S2. The summed E-state index contributed by atoms with van der Waals surface area (Å²) in [6, 6.07) is 2.23. The number of fused-ring (bicyclic) bond motifs is 2. The molecule has 0 radical (unpaired) electrons. The molecule has 1 aliphatic heterocycles. The molecule has 0 fully saturated rings. The maximum absolute atomic E-state index is 6.22. The third-order valence-corrected chi connectivity index (χ3v) is 6.48. The second-order valence-electron chi connectivity index (χ2n) is 5.16. The molecular weight excluding hydrogens is 324 g/mol. The molecule has 0 aromatic carbocycles. The zero-order valence-corrected chi connectivity index (χ0v) is 14.1. The third-order valence-electron chi connectivity index (χ3n) is 3.88. The molecule has 0 saturated heterocycles. The van der Waals surface area contributed by atoms with Gasteiger partial charge in [0.15, 0.2) is 16.6 Å². The van der Waals surface area contributed by atoms with E-state index in [1.807, 2.05) is 25.6 Å².